The average molecular weight is 280 g/mol. The SMILES string of the molecule is S=C=NCC1CCC2CC(CN=C=S)CCC2C1. The summed E-state index contributed by atoms with van der Waals surface area (Å²) in [6.07, 6.45) is 8.03. The smallest absolute Gasteiger partial charge is 0.0585 e. The molecule has 2 aliphatic carbocycles. The zero-order chi connectivity index (χ0) is 12.8. The molecular formula is C14H20N2S2. The largest absolute Gasteiger partial charge is 0.232 e. The summed E-state index contributed by atoms with van der Waals surface area (Å²) in [7, 11) is 0. The Morgan fingerprint density at radius 1 is 0.778 bits per heavy atom. The monoisotopic (exact) mass is 280 g/mol. The van der Waals surface area contributed by atoms with Gasteiger partial charge in [0.1, 0.15) is 0 Å². The van der Waals surface area contributed by atoms with E-state index < -0.39 is 0 Å². The quantitative estimate of drug-likeness (QED) is 0.574. The molecule has 0 aromatic carbocycles. The summed E-state index contributed by atoms with van der Waals surface area (Å²) >= 11 is 9.30. The topological polar surface area (TPSA) is 24.7 Å². The van der Waals surface area contributed by atoms with Gasteiger partial charge in [-0.1, -0.05) is 0 Å². The molecule has 0 radical (unpaired) electrons. The van der Waals surface area contributed by atoms with Crippen molar-refractivity contribution in [3.63, 3.8) is 0 Å². The Hall–Kier alpha value is -0.400. The number of fused-ring (bicyclic) bond motifs is 1. The van der Waals surface area contributed by atoms with Gasteiger partial charge in [0.25, 0.3) is 0 Å². The number of rotatable bonds is 4. The van der Waals surface area contributed by atoms with Crippen LogP contribution in [0.3, 0.4) is 0 Å². The maximum Gasteiger partial charge on any atom is 0.0585 e. The Kier molecular flexibility index (Phi) is 5.65. The second-order valence-electron chi connectivity index (χ2n) is 5.74. The molecule has 2 rings (SSSR count). The lowest BCUT2D eigenvalue weighted by molar-refractivity contribution is 0.103. The van der Waals surface area contributed by atoms with Crippen molar-refractivity contribution >= 4 is 34.8 Å². The molecule has 2 fully saturated rings. The highest BCUT2D eigenvalue weighted by atomic mass is 32.1. The molecule has 98 valence electrons. The molecule has 4 unspecified atom stereocenters. The standard InChI is InChI=1S/C14H20N2S2/c17-9-15-7-11-1-3-13-6-12(8-16-10-18)2-4-14(13)5-11/h11-14H,1-8H2. The van der Waals surface area contributed by atoms with Gasteiger partial charge in [-0.05, 0) is 86.6 Å². The van der Waals surface area contributed by atoms with E-state index in [2.05, 4.69) is 44.7 Å². The van der Waals surface area contributed by atoms with Crippen LogP contribution < -0.4 is 0 Å². The summed E-state index contributed by atoms with van der Waals surface area (Å²) in [6.45, 7) is 1.79. The van der Waals surface area contributed by atoms with E-state index in [-0.39, 0.29) is 0 Å². The molecule has 18 heavy (non-hydrogen) atoms. The van der Waals surface area contributed by atoms with Crippen molar-refractivity contribution in [1.29, 1.82) is 0 Å². The van der Waals surface area contributed by atoms with Gasteiger partial charge in [-0.15, -0.1) is 0 Å². The van der Waals surface area contributed by atoms with Crippen LogP contribution in [-0.2, 0) is 0 Å². The number of isothiocyanates is 2. The van der Waals surface area contributed by atoms with Crippen molar-refractivity contribution in [2.24, 2.45) is 33.7 Å². The predicted octanol–water partition coefficient (Wildman–Crippen LogP) is 4.02. The number of thiocarbonyl (C=S) groups is 2. The molecule has 0 aliphatic heterocycles. The average Bonchev–Trinajstić information content (AvgIpc) is 2.42. The second kappa shape index (κ2) is 7.25. The Labute approximate surface area is 120 Å². The molecular weight excluding hydrogens is 260 g/mol. The van der Waals surface area contributed by atoms with Crippen LogP contribution in [0.4, 0.5) is 0 Å². The number of hydrogen-bond acceptors (Lipinski definition) is 4. The highest BCUT2D eigenvalue weighted by Gasteiger charge is 2.35. The van der Waals surface area contributed by atoms with Gasteiger partial charge in [-0.2, -0.15) is 0 Å². The van der Waals surface area contributed by atoms with Gasteiger partial charge in [0.2, 0.25) is 0 Å². The lowest BCUT2D eigenvalue weighted by Gasteiger charge is -2.41. The zero-order valence-corrected chi connectivity index (χ0v) is 12.3. The first-order valence-electron chi connectivity index (χ1n) is 6.90. The third-order valence-corrected chi connectivity index (χ3v) is 4.92. The van der Waals surface area contributed by atoms with Gasteiger partial charge >= 0.3 is 0 Å². The van der Waals surface area contributed by atoms with Crippen LogP contribution in [0.15, 0.2) is 9.98 Å². The highest BCUT2D eigenvalue weighted by Crippen LogP contribution is 2.44. The molecule has 2 aliphatic rings. The molecule has 0 saturated heterocycles. The van der Waals surface area contributed by atoms with Crippen LogP contribution in [0.5, 0.6) is 0 Å². The Balaban J connectivity index is 1.83. The Morgan fingerprint density at radius 2 is 1.22 bits per heavy atom. The van der Waals surface area contributed by atoms with Crippen LogP contribution in [0.1, 0.15) is 38.5 Å². The fourth-order valence-corrected chi connectivity index (χ4v) is 3.90. The van der Waals surface area contributed by atoms with E-state index in [4.69, 9.17) is 0 Å². The Morgan fingerprint density at radius 3 is 1.61 bits per heavy atom. The van der Waals surface area contributed by atoms with Crippen molar-refractivity contribution in [3.8, 4) is 0 Å². The molecule has 0 spiro atoms. The van der Waals surface area contributed by atoms with Crippen LogP contribution in [-0.4, -0.2) is 23.4 Å². The van der Waals surface area contributed by atoms with Crippen LogP contribution >= 0.6 is 24.4 Å². The molecule has 0 aromatic heterocycles. The van der Waals surface area contributed by atoms with Crippen LogP contribution in [0.2, 0.25) is 0 Å². The maximum atomic E-state index is 4.65. The molecule has 4 atom stereocenters. The lowest BCUT2D eigenvalue weighted by Crippen LogP contribution is -2.32. The highest BCUT2D eigenvalue weighted by molar-refractivity contribution is 7.78. The van der Waals surface area contributed by atoms with Gasteiger partial charge in [0, 0.05) is 0 Å². The minimum absolute atomic E-state index is 0.747. The normalized spacial score (nSPS) is 34.9. The summed E-state index contributed by atoms with van der Waals surface area (Å²) in [4.78, 5) is 8.24. The fourth-order valence-electron chi connectivity index (χ4n) is 3.75. The van der Waals surface area contributed by atoms with Gasteiger partial charge in [-0.25, -0.2) is 9.98 Å². The zero-order valence-electron chi connectivity index (χ0n) is 10.7. The van der Waals surface area contributed by atoms with E-state index in [9.17, 15) is 0 Å². The van der Waals surface area contributed by atoms with Gasteiger partial charge in [0.15, 0.2) is 0 Å². The van der Waals surface area contributed by atoms with Gasteiger partial charge < -0.3 is 0 Å². The molecule has 0 heterocycles. The van der Waals surface area contributed by atoms with Crippen molar-refractivity contribution in [2.75, 3.05) is 13.1 Å². The van der Waals surface area contributed by atoms with Crippen molar-refractivity contribution in [2.45, 2.75) is 38.5 Å². The van der Waals surface area contributed by atoms with E-state index in [0.717, 1.165) is 36.8 Å². The van der Waals surface area contributed by atoms with E-state index >= 15 is 0 Å². The van der Waals surface area contributed by atoms with Gasteiger partial charge in [0.05, 0.1) is 23.4 Å². The molecule has 2 nitrogen and oxygen atoms in total. The lowest BCUT2D eigenvalue weighted by atomic mass is 9.65. The first-order chi connectivity index (χ1) is 8.83. The predicted molar refractivity (Wildman–Crippen MR) is 81.4 cm³/mol. The van der Waals surface area contributed by atoms with Crippen molar-refractivity contribution < 1.29 is 0 Å². The van der Waals surface area contributed by atoms with Crippen LogP contribution in [0.25, 0.3) is 0 Å². The Bertz CT molecular complexity index is 334. The van der Waals surface area contributed by atoms with E-state index in [1.807, 2.05) is 0 Å². The molecule has 0 amide bonds. The molecule has 0 bridgehead atoms. The summed E-state index contributed by atoms with van der Waals surface area (Å²) in [6, 6.07) is 0. The number of hydrogen-bond donors (Lipinski definition) is 0. The molecule has 0 N–H and O–H groups in total. The molecule has 2 saturated carbocycles. The number of nitrogens with zero attached hydrogens (tertiary/aromatic N) is 2. The summed E-state index contributed by atoms with van der Waals surface area (Å²) in [5.41, 5.74) is 0. The molecule has 0 aromatic rings. The van der Waals surface area contributed by atoms with Crippen LogP contribution in [0, 0.1) is 23.7 Å². The van der Waals surface area contributed by atoms with E-state index in [0.29, 0.717) is 0 Å². The third-order valence-electron chi connectivity index (χ3n) is 4.66. The second-order valence-corrected chi connectivity index (χ2v) is 6.11. The van der Waals surface area contributed by atoms with E-state index in [1.165, 1.54) is 38.5 Å². The molecule has 4 heteroatoms. The van der Waals surface area contributed by atoms with Gasteiger partial charge in [-0.3, -0.25) is 0 Å². The minimum Gasteiger partial charge on any atom is -0.232 e. The van der Waals surface area contributed by atoms with Crippen molar-refractivity contribution in [1.82, 2.24) is 0 Å². The first-order valence-corrected chi connectivity index (χ1v) is 7.72. The minimum atomic E-state index is 0.747. The first kappa shape index (κ1) is 14.0. The third kappa shape index (κ3) is 3.80. The van der Waals surface area contributed by atoms with E-state index in [1.54, 1.807) is 0 Å². The fraction of sp³-hybridized carbons (Fsp3) is 0.857. The van der Waals surface area contributed by atoms with Crippen molar-refractivity contribution in [3.05, 3.63) is 0 Å². The number of aliphatic imine (C=N–C) groups is 2. The summed E-state index contributed by atoms with van der Waals surface area (Å²) < 4.78 is 0. The summed E-state index contributed by atoms with van der Waals surface area (Å²) in [5.74, 6) is 3.32. The summed E-state index contributed by atoms with van der Waals surface area (Å²) in [5, 5.41) is 4.99. The maximum absolute atomic E-state index is 4.65.